The fourth-order valence-corrected chi connectivity index (χ4v) is 6.25. The normalized spacial score (nSPS) is 25.7. The number of hydrogen-bond donors (Lipinski definition) is 3. The Morgan fingerprint density at radius 1 is 1.00 bits per heavy atom. The highest BCUT2D eigenvalue weighted by molar-refractivity contribution is 6.38. The third-order valence-electron chi connectivity index (χ3n) is 8.34. The van der Waals surface area contributed by atoms with Gasteiger partial charge in [0.05, 0.1) is 6.42 Å². The first kappa shape index (κ1) is 31.7. The first-order chi connectivity index (χ1) is 18.4. The first-order valence-corrected chi connectivity index (χ1v) is 13.8. The van der Waals surface area contributed by atoms with Crippen LogP contribution in [0.25, 0.3) is 0 Å². The minimum atomic E-state index is -4.84. The summed E-state index contributed by atoms with van der Waals surface area (Å²) in [5, 5.41) is 6.82. The topological polar surface area (TPSA) is 134 Å². The van der Waals surface area contributed by atoms with Crippen molar-refractivity contribution in [1.82, 2.24) is 20.9 Å². The van der Waals surface area contributed by atoms with E-state index in [-0.39, 0.29) is 29.7 Å². The summed E-state index contributed by atoms with van der Waals surface area (Å²) >= 11 is 0. The second-order valence-electron chi connectivity index (χ2n) is 12.7. The van der Waals surface area contributed by atoms with Gasteiger partial charge in [0.15, 0.2) is 0 Å². The molecule has 3 N–H and O–H groups in total. The summed E-state index contributed by atoms with van der Waals surface area (Å²) in [6.45, 7) is 9.07. The van der Waals surface area contributed by atoms with Crippen LogP contribution in [-0.2, 0) is 23.9 Å². The number of halogens is 3. The number of likely N-dealkylation sites (N-methyl/N-ethyl adjacent to an activating group) is 1. The number of amides is 4. The zero-order chi connectivity index (χ0) is 30.2. The van der Waals surface area contributed by atoms with E-state index in [0.717, 1.165) is 26.3 Å². The summed E-state index contributed by atoms with van der Waals surface area (Å²) in [5.41, 5.74) is -1.17. The Morgan fingerprint density at radius 2 is 1.60 bits per heavy atom. The van der Waals surface area contributed by atoms with Gasteiger partial charge in [-0.05, 0) is 56.8 Å². The molecule has 2 saturated carbocycles. The van der Waals surface area contributed by atoms with E-state index in [1.54, 1.807) is 20.8 Å². The standard InChI is InChI=1S/C27H41F3N4O6/c1-25(2,3)40-24(39)33-18(14-10-8-7-9-11-14)23(38)34-13-15-17(26(15,4)5)19(34)21(36)32-16(12-27(28,29)30)20(35)22(37)31-6/h14-19H,7-13H2,1-6H3,(H,31,37)(H,32,36)(H,33,39)/t15?,16?,17?,18-,19?/m0/s1. The van der Waals surface area contributed by atoms with E-state index in [9.17, 15) is 37.1 Å². The van der Waals surface area contributed by atoms with Crippen LogP contribution in [0.2, 0.25) is 0 Å². The van der Waals surface area contributed by atoms with Gasteiger partial charge < -0.3 is 25.6 Å². The molecule has 2 aliphatic carbocycles. The molecule has 0 spiro atoms. The molecule has 3 aliphatic rings. The highest BCUT2D eigenvalue weighted by Gasteiger charge is 2.70. The van der Waals surface area contributed by atoms with Gasteiger partial charge >= 0.3 is 12.3 Å². The summed E-state index contributed by atoms with van der Waals surface area (Å²) in [7, 11) is 1.10. The second kappa shape index (κ2) is 11.6. The number of nitrogens with one attached hydrogen (secondary N) is 3. The lowest BCUT2D eigenvalue weighted by Gasteiger charge is -2.37. The molecule has 0 aromatic rings. The molecule has 3 fully saturated rings. The molecule has 40 heavy (non-hydrogen) atoms. The van der Waals surface area contributed by atoms with Gasteiger partial charge in [-0.15, -0.1) is 0 Å². The minimum Gasteiger partial charge on any atom is -0.444 e. The van der Waals surface area contributed by atoms with E-state index >= 15 is 0 Å². The van der Waals surface area contributed by atoms with Gasteiger partial charge in [-0.1, -0.05) is 33.1 Å². The fraction of sp³-hybridized carbons (Fsp3) is 0.815. The Bertz CT molecular complexity index is 1020. The highest BCUT2D eigenvalue weighted by atomic mass is 19.4. The van der Waals surface area contributed by atoms with Crippen molar-refractivity contribution in [3.05, 3.63) is 0 Å². The van der Waals surface area contributed by atoms with Crippen LogP contribution in [0.15, 0.2) is 0 Å². The SMILES string of the molecule is CNC(=O)C(=O)C(CC(F)(F)F)NC(=O)C1C2C(CN1C(=O)[C@@H](NC(=O)OC(C)(C)C)C1CCCCC1)C2(C)C. The Balaban J connectivity index is 1.88. The van der Waals surface area contributed by atoms with Gasteiger partial charge in [-0.3, -0.25) is 19.2 Å². The van der Waals surface area contributed by atoms with E-state index in [1.807, 2.05) is 19.2 Å². The number of likely N-dealkylation sites (tertiary alicyclic amines) is 1. The van der Waals surface area contributed by atoms with Crippen LogP contribution < -0.4 is 16.0 Å². The van der Waals surface area contributed by atoms with Crippen LogP contribution in [-0.4, -0.2) is 78.0 Å². The van der Waals surface area contributed by atoms with Crippen molar-refractivity contribution in [2.45, 2.75) is 103 Å². The van der Waals surface area contributed by atoms with Gasteiger partial charge in [0.2, 0.25) is 17.6 Å². The van der Waals surface area contributed by atoms with Crippen molar-refractivity contribution in [1.29, 1.82) is 0 Å². The molecule has 0 aromatic heterocycles. The molecule has 1 aliphatic heterocycles. The lowest BCUT2D eigenvalue weighted by atomic mass is 9.83. The third kappa shape index (κ3) is 7.25. The molecule has 0 aromatic carbocycles. The predicted molar refractivity (Wildman–Crippen MR) is 138 cm³/mol. The zero-order valence-corrected chi connectivity index (χ0v) is 23.9. The molecular weight excluding hydrogens is 533 g/mol. The number of nitrogens with zero attached hydrogens (tertiary/aromatic N) is 1. The molecule has 226 valence electrons. The van der Waals surface area contributed by atoms with Gasteiger partial charge in [-0.25, -0.2) is 4.79 Å². The summed E-state index contributed by atoms with van der Waals surface area (Å²) in [5.74, 6) is -4.78. The largest absolute Gasteiger partial charge is 0.444 e. The molecule has 0 radical (unpaired) electrons. The van der Waals surface area contributed by atoms with Crippen LogP contribution >= 0.6 is 0 Å². The van der Waals surface area contributed by atoms with Crippen molar-refractivity contribution in [2.75, 3.05) is 13.6 Å². The predicted octanol–water partition coefficient (Wildman–Crippen LogP) is 2.70. The number of Topliss-reactive ketones (excluding diaryl/α,β-unsaturated/α-hetero) is 1. The van der Waals surface area contributed by atoms with Crippen LogP contribution in [0.4, 0.5) is 18.0 Å². The van der Waals surface area contributed by atoms with E-state index in [4.69, 9.17) is 4.74 Å². The molecule has 4 amide bonds. The van der Waals surface area contributed by atoms with Crippen LogP contribution in [0.3, 0.4) is 0 Å². The van der Waals surface area contributed by atoms with Gasteiger partial charge in [0.25, 0.3) is 5.91 Å². The number of carbonyl (C=O) groups excluding carboxylic acids is 5. The van der Waals surface area contributed by atoms with E-state index in [2.05, 4.69) is 10.6 Å². The minimum absolute atomic E-state index is 0.0866. The lowest BCUT2D eigenvalue weighted by molar-refractivity contribution is -0.155. The molecule has 3 rings (SSSR count). The van der Waals surface area contributed by atoms with E-state index in [1.165, 1.54) is 4.90 Å². The maximum absolute atomic E-state index is 14.0. The Kier molecular flexibility index (Phi) is 9.15. The summed E-state index contributed by atoms with van der Waals surface area (Å²) < 4.78 is 45.2. The highest BCUT2D eigenvalue weighted by Crippen LogP contribution is 2.65. The lowest BCUT2D eigenvalue weighted by Crippen LogP contribution is -2.60. The average molecular weight is 575 g/mol. The number of fused-ring (bicyclic) bond motifs is 1. The van der Waals surface area contributed by atoms with Crippen molar-refractivity contribution >= 4 is 29.6 Å². The molecule has 1 saturated heterocycles. The number of carbonyl (C=O) groups is 5. The second-order valence-corrected chi connectivity index (χ2v) is 12.7. The van der Waals surface area contributed by atoms with Crippen LogP contribution in [0.1, 0.15) is 73.1 Å². The third-order valence-corrected chi connectivity index (χ3v) is 8.34. The smallest absolute Gasteiger partial charge is 0.408 e. The summed E-state index contributed by atoms with van der Waals surface area (Å²) in [6.07, 6.45) is -3.24. The van der Waals surface area contributed by atoms with Crippen molar-refractivity contribution in [2.24, 2.45) is 23.2 Å². The Morgan fingerprint density at radius 3 is 2.12 bits per heavy atom. The number of alkyl carbamates (subject to hydrolysis) is 1. The maximum Gasteiger partial charge on any atom is 0.408 e. The Labute approximate surface area is 232 Å². The van der Waals surface area contributed by atoms with Gasteiger partial charge in [-0.2, -0.15) is 13.2 Å². The number of ether oxygens (including phenoxy) is 1. The van der Waals surface area contributed by atoms with Crippen LogP contribution in [0, 0.1) is 23.2 Å². The van der Waals surface area contributed by atoms with Crippen LogP contribution in [0.5, 0.6) is 0 Å². The number of ketones is 1. The van der Waals surface area contributed by atoms with E-state index in [0.29, 0.717) is 12.8 Å². The number of rotatable bonds is 8. The fourth-order valence-electron chi connectivity index (χ4n) is 6.25. The van der Waals surface area contributed by atoms with Gasteiger partial charge in [0.1, 0.15) is 23.7 Å². The zero-order valence-electron chi connectivity index (χ0n) is 23.9. The van der Waals surface area contributed by atoms with Crippen molar-refractivity contribution < 1.29 is 41.9 Å². The first-order valence-electron chi connectivity index (χ1n) is 13.8. The average Bonchev–Trinajstić information content (AvgIpc) is 3.16. The quantitative estimate of drug-likeness (QED) is 0.382. The summed E-state index contributed by atoms with van der Waals surface area (Å²) in [4.78, 5) is 65.8. The number of alkyl halides is 3. The molecule has 0 bridgehead atoms. The van der Waals surface area contributed by atoms with E-state index < -0.39 is 65.9 Å². The molecule has 1 heterocycles. The monoisotopic (exact) mass is 574 g/mol. The van der Waals surface area contributed by atoms with Crippen molar-refractivity contribution in [3.8, 4) is 0 Å². The molecule has 10 nitrogen and oxygen atoms in total. The van der Waals surface area contributed by atoms with Crippen molar-refractivity contribution in [3.63, 3.8) is 0 Å². The molecule has 4 unspecified atom stereocenters. The Hall–Kier alpha value is -2.86. The maximum atomic E-state index is 14.0. The number of piperidine rings is 1. The molecule has 5 atom stereocenters. The van der Waals surface area contributed by atoms with Gasteiger partial charge in [0, 0.05) is 13.6 Å². The molecular formula is C27H41F3N4O6. The summed E-state index contributed by atoms with van der Waals surface area (Å²) in [6, 6.07) is -4.28. The molecule has 13 heteroatoms. The number of hydrogen-bond acceptors (Lipinski definition) is 6.